The van der Waals surface area contributed by atoms with Gasteiger partial charge in [-0.1, -0.05) is 68.4 Å². The Bertz CT molecular complexity index is 1100. The molecule has 0 bridgehead atoms. The molecule has 1 aliphatic rings. The van der Waals surface area contributed by atoms with Gasteiger partial charge in [-0.05, 0) is 61.8 Å². The molecule has 0 radical (unpaired) electrons. The molecule has 1 amide bonds. The molecule has 1 aliphatic carbocycles. The van der Waals surface area contributed by atoms with Crippen molar-refractivity contribution < 1.29 is 10.0 Å². The summed E-state index contributed by atoms with van der Waals surface area (Å²) in [5, 5.41) is 17.3. The predicted molar refractivity (Wildman–Crippen MR) is 143 cm³/mol. The molecule has 0 spiro atoms. The highest BCUT2D eigenvalue weighted by atomic mass is 32.2. The third-order valence-corrected chi connectivity index (χ3v) is 7.95. The van der Waals surface area contributed by atoms with E-state index in [0.717, 1.165) is 24.7 Å². The van der Waals surface area contributed by atoms with Gasteiger partial charge in [-0.15, -0.1) is 16.9 Å². The second-order valence-corrected chi connectivity index (χ2v) is 10.9. The lowest BCUT2D eigenvalue weighted by atomic mass is 9.82. The molecule has 2 N–H and O–H groups in total. The minimum absolute atomic E-state index is 0.353. The molecule has 1 heterocycles. The van der Waals surface area contributed by atoms with Crippen LogP contribution in [-0.4, -0.2) is 44.6 Å². The molecule has 3 aromatic rings. The molecule has 192 valence electrons. The zero-order valence-electron chi connectivity index (χ0n) is 21.1. The van der Waals surface area contributed by atoms with Crippen LogP contribution >= 0.6 is 11.8 Å². The highest BCUT2D eigenvalue weighted by Gasteiger charge is 2.16. The van der Waals surface area contributed by atoms with Crippen molar-refractivity contribution in [3.63, 3.8) is 0 Å². The number of amides is 1. The van der Waals surface area contributed by atoms with Gasteiger partial charge in [0, 0.05) is 22.8 Å². The molecule has 1 saturated carbocycles. The van der Waals surface area contributed by atoms with E-state index in [-0.39, 0.29) is 0 Å². The number of unbranched alkanes of at least 4 members (excludes halogenated alkanes) is 3. The molecule has 0 saturated heterocycles. The van der Waals surface area contributed by atoms with E-state index in [0.29, 0.717) is 17.0 Å². The zero-order valence-corrected chi connectivity index (χ0v) is 21.9. The summed E-state index contributed by atoms with van der Waals surface area (Å²) in [6.45, 7) is 2.14. The van der Waals surface area contributed by atoms with Crippen LogP contribution in [0, 0.1) is 5.92 Å². The molecule has 0 aliphatic heterocycles. The van der Waals surface area contributed by atoms with Crippen molar-refractivity contribution in [2.75, 3.05) is 13.6 Å². The van der Waals surface area contributed by atoms with Crippen LogP contribution in [-0.2, 0) is 12.3 Å². The van der Waals surface area contributed by atoms with E-state index in [1.807, 2.05) is 12.3 Å². The van der Waals surface area contributed by atoms with Gasteiger partial charge >= 0.3 is 0 Å². The predicted octanol–water partition coefficient (Wildman–Crippen LogP) is 5.86. The molecular weight excluding hydrogens is 470 g/mol. The van der Waals surface area contributed by atoms with Crippen LogP contribution < -0.4 is 5.48 Å². The van der Waals surface area contributed by atoms with Crippen LogP contribution in [0.1, 0.15) is 73.0 Å². The lowest BCUT2D eigenvalue weighted by molar-refractivity contribution is 0.0706. The summed E-state index contributed by atoms with van der Waals surface area (Å²) in [6, 6.07) is 15.6. The van der Waals surface area contributed by atoms with Crippen molar-refractivity contribution in [2.24, 2.45) is 5.92 Å². The number of rotatable bonds is 14. The number of benzene rings is 2. The van der Waals surface area contributed by atoms with Gasteiger partial charge in [-0.3, -0.25) is 10.0 Å². The summed E-state index contributed by atoms with van der Waals surface area (Å²) < 4.78 is 1.64. The van der Waals surface area contributed by atoms with E-state index in [1.54, 1.807) is 40.1 Å². The fourth-order valence-electron chi connectivity index (χ4n) is 4.53. The molecular formula is C28H37N5O2S. The number of nitrogens with zero attached hydrogens (tertiary/aromatic N) is 4. The van der Waals surface area contributed by atoms with E-state index < -0.39 is 5.91 Å². The standard InChI is InChI=1S/C28H37N5O2S/c1-32(17-5-3-2-4-8-22-9-6-10-22)19-23-13-15-27(16-14-23)36-21-25-20-33(31-29-25)26-12-7-11-24(18-26)28(34)30-35/h7,11-16,18,20,22,35H,2-6,8-10,17,19,21H2,1H3,(H,30,34). The molecule has 36 heavy (non-hydrogen) atoms. The van der Waals surface area contributed by atoms with Gasteiger partial charge in [-0.25, -0.2) is 10.2 Å². The van der Waals surface area contributed by atoms with Crippen molar-refractivity contribution in [3.8, 4) is 5.69 Å². The maximum atomic E-state index is 11.6. The Labute approximate surface area is 218 Å². The van der Waals surface area contributed by atoms with Gasteiger partial charge in [-0.2, -0.15) is 0 Å². The van der Waals surface area contributed by atoms with E-state index in [2.05, 4.69) is 46.5 Å². The first-order valence-electron chi connectivity index (χ1n) is 13.0. The number of hydrogen-bond donors (Lipinski definition) is 2. The maximum Gasteiger partial charge on any atom is 0.274 e. The van der Waals surface area contributed by atoms with Gasteiger partial charge in [0.05, 0.1) is 17.6 Å². The van der Waals surface area contributed by atoms with Crippen molar-refractivity contribution in [1.29, 1.82) is 0 Å². The molecule has 1 fully saturated rings. The number of hydrogen-bond acceptors (Lipinski definition) is 6. The molecule has 8 heteroatoms. The largest absolute Gasteiger partial charge is 0.302 e. The SMILES string of the molecule is CN(CCCCCCC1CCC1)Cc1ccc(SCc2cn(-c3cccc(C(=O)NO)c3)nn2)cc1. The van der Waals surface area contributed by atoms with Crippen LogP contribution in [0.15, 0.2) is 59.6 Å². The normalized spacial score (nSPS) is 13.6. The number of carbonyl (C=O) groups is 1. The van der Waals surface area contributed by atoms with Crippen molar-refractivity contribution in [2.45, 2.75) is 68.6 Å². The summed E-state index contributed by atoms with van der Waals surface area (Å²) in [7, 11) is 2.21. The topological polar surface area (TPSA) is 83.3 Å². The summed E-state index contributed by atoms with van der Waals surface area (Å²) in [6.07, 6.45) is 13.2. The third kappa shape index (κ3) is 7.91. The number of hydroxylamine groups is 1. The van der Waals surface area contributed by atoms with E-state index in [1.165, 1.54) is 61.8 Å². The maximum absolute atomic E-state index is 11.6. The molecule has 2 aromatic carbocycles. The second kappa shape index (κ2) is 13.6. The number of aromatic nitrogens is 3. The Balaban J connectivity index is 1.17. The lowest BCUT2D eigenvalue weighted by Gasteiger charge is -2.25. The van der Waals surface area contributed by atoms with Gasteiger partial charge in [0.1, 0.15) is 0 Å². The summed E-state index contributed by atoms with van der Waals surface area (Å²) in [4.78, 5) is 15.3. The average molecular weight is 508 g/mol. The van der Waals surface area contributed by atoms with Gasteiger partial charge in [0.15, 0.2) is 0 Å². The van der Waals surface area contributed by atoms with E-state index in [9.17, 15) is 4.79 Å². The fourth-order valence-corrected chi connectivity index (χ4v) is 5.31. The number of nitrogens with one attached hydrogen (secondary N) is 1. The molecule has 1 aromatic heterocycles. The Kier molecular flexibility index (Phi) is 9.95. The minimum Gasteiger partial charge on any atom is -0.302 e. The zero-order chi connectivity index (χ0) is 25.2. The quantitative estimate of drug-likeness (QED) is 0.123. The summed E-state index contributed by atoms with van der Waals surface area (Å²) in [5.74, 6) is 1.20. The second-order valence-electron chi connectivity index (χ2n) is 9.82. The monoisotopic (exact) mass is 507 g/mol. The Morgan fingerprint density at radius 1 is 1.14 bits per heavy atom. The Morgan fingerprint density at radius 3 is 2.69 bits per heavy atom. The van der Waals surface area contributed by atoms with Crippen LogP contribution in [0.4, 0.5) is 0 Å². The van der Waals surface area contributed by atoms with Gasteiger partial charge in [0.25, 0.3) is 5.91 Å². The Hall–Kier alpha value is -2.68. The molecule has 7 nitrogen and oxygen atoms in total. The number of carbonyl (C=O) groups excluding carboxylic acids is 1. The van der Waals surface area contributed by atoms with E-state index in [4.69, 9.17) is 5.21 Å². The van der Waals surface area contributed by atoms with Crippen molar-refractivity contribution in [3.05, 3.63) is 71.5 Å². The minimum atomic E-state index is -0.558. The van der Waals surface area contributed by atoms with Crippen LogP contribution in [0.2, 0.25) is 0 Å². The van der Waals surface area contributed by atoms with Crippen LogP contribution in [0.25, 0.3) is 5.69 Å². The van der Waals surface area contributed by atoms with Gasteiger partial charge < -0.3 is 4.90 Å². The summed E-state index contributed by atoms with van der Waals surface area (Å²) >= 11 is 1.72. The van der Waals surface area contributed by atoms with E-state index >= 15 is 0 Å². The Morgan fingerprint density at radius 2 is 1.94 bits per heavy atom. The van der Waals surface area contributed by atoms with Crippen molar-refractivity contribution in [1.82, 2.24) is 25.4 Å². The fraction of sp³-hybridized carbons (Fsp3) is 0.464. The first-order valence-corrected chi connectivity index (χ1v) is 14.0. The average Bonchev–Trinajstić information content (AvgIpc) is 3.35. The number of thioether (sulfide) groups is 1. The third-order valence-electron chi connectivity index (χ3n) is 6.90. The lowest BCUT2D eigenvalue weighted by Crippen LogP contribution is -2.19. The van der Waals surface area contributed by atoms with Crippen LogP contribution in [0.5, 0.6) is 0 Å². The van der Waals surface area contributed by atoms with Gasteiger partial charge in [0.2, 0.25) is 0 Å². The van der Waals surface area contributed by atoms with Crippen LogP contribution in [0.3, 0.4) is 0 Å². The molecule has 0 atom stereocenters. The first-order chi connectivity index (χ1) is 17.6. The first kappa shape index (κ1) is 26.4. The molecule has 0 unspecified atom stereocenters. The van der Waals surface area contributed by atoms with Crippen molar-refractivity contribution >= 4 is 17.7 Å². The smallest absolute Gasteiger partial charge is 0.274 e. The highest BCUT2D eigenvalue weighted by Crippen LogP contribution is 2.31. The summed E-state index contributed by atoms with van der Waals surface area (Å²) in [5.41, 5.74) is 4.91. The molecule has 4 rings (SSSR count). The highest BCUT2D eigenvalue weighted by molar-refractivity contribution is 7.98.